The van der Waals surface area contributed by atoms with E-state index in [4.69, 9.17) is 0 Å². The van der Waals surface area contributed by atoms with Crippen LogP contribution in [-0.2, 0) is 4.57 Å². The maximum Gasteiger partial charge on any atom is 0.374 e. The number of rotatable bonds is 2. The number of hydrogen-bond acceptors (Lipinski definition) is 1. The highest BCUT2D eigenvalue weighted by atomic mass is 79.9. The van der Waals surface area contributed by atoms with Crippen molar-refractivity contribution in [3.8, 4) is 11.1 Å². The van der Waals surface area contributed by atoms with Crippen molar-refractivity contribution in [2.24, 2.45) is 0 Å². The van der Waals surface area contributed by atoms with Gasteiger partial charge in [0.1, 0.15) is 6.66 Å². The van der Waals surface area contributed by atoms with E-state index in [0.717, 1.165) is 26.3 Å². The van der Waals surface area contributed by atoms with Crippen LogP contribution in [0.1, 0.15) is 0 Å². The van der Waals surface area contributed by atoms with Crippen molar-refractivity contribution in [1.29, 1.82) is 0 Å². The molecule has 0 heterocycles. The van der Waals surface area contributed by atoms with Gasteiger partial charge in [-0.1, -0.05) is 56.9 Å². The molecule has 3 heteroatoms. The smallest absolute Gasteiger partial charge is 0.0684 e. The molecule has 1 atom stereocenters. The molecule has 0 saturated carbocycles. The fourth-order valence-corrected chi connectivity index (χ4v) is 3.47. The lowest BCUT2D eigenvalue weighted by Crippen LogP contribution is -2.01. The molecule has 1 nitrogen and oxygen atoms in total. The van der Waals surface area contributed by atoms with Crippen LogP contribution in [-0.4, -0.2) is 6.66 Å². The minimum atomic E-state index is -1.38. The third-order valence-corrected chi connectivity index (χ3v) is 4.94. The highest BCUT2D eigenvalue weighted by molar-refractivity contribution is 9.10. The second-order valence-corrected chi connectivity index (χ2v) is 7.11. The molecule has 98 valence electrons. The Morgan fingerprint density at radius 3 is 2.10 bits per heavy atom. The van der Waals surface area contributed by atoms with Gasteiger partial charge in [-0.25, -0.2) is 0 Å². The first-order valence-corrected chi connectivity index (χ1v) is 8.85. The predicted molar refractivity (Wildman–Crippen MR) is 90.2 cm³/mol. The van der Waals surface area contributed by atoms with Crippen LogP contribution in [0.3, 0.4) is 0 Å². The Kier molecular flexibility index (Phi) is 3.69. The molecule has 0 N–H and O–H groups in total. The summed E-state index contributed by atoms with van der Waals surface area (Å²) in [6.45, 7) is 1.77. The van der Waals surface area contributed by atoms with Crippen LogP contribution in [0, 0.1) is 0 Å². The van der Waals surface area contributed by atoms with Crippen LogP contribution in [0.15, 0.2) is 65.1 Å². The second-order valence-electron chi connectivity index (χ2n) is 4.72. The van der Waals surface area contributed by atoms with E-state index in [1.807, 2.05) is 30.3 Å². The Hall–Kier alpha value is -1.50. The fraction of sp³-hybridized carbons (Fsp3) is 0.0588. The molecule has 0 fully saturated rings. The van der Waals surface area contributed by atoms with Crippen molar-refractivity contribution in [2.45, 2.75) is 0 Å². The minimum Gasteiger partial charge on any atom is -0.0684 e. The van der Waals surface area contributed by atoms with Crippen molar-refractivity contribution < 1.29 is 4.57 Å². The van der Waals surface area contributed by atoms with E-state index in [2.05, 4.69) is 46.3 Å². The first-order valence-electron chi connectivity index (χ1n) is 6.35. The van der Waals surface area contributed by atoms with Gasteiger partial charge in [0.05, 0.1) is 0 Å². The lowest BCUT2D eigenvalue weighted by Gasteiger charge is -2.05. The number of fused-ring (bicyclic) bond motifs is 1. The Labute approximate surface area is 127 Å². The van der Waals surface area contributed by atoms with E-state index in [1.54, 1.807) is 6.66 Å². The number of benzene rings is 3. The Morgan fingerprint density at radius 2 is 1.50 bits per heavy atom. The van der Waals surface area contributed by atoms with Crippen LogP contribution in [0.2, 0.25) is 0 Å². The molecule has 0 amide bonds. The molecule has 0 aromatic heterocycles. The molecule has 0 saturated heterocycles. The lowest BCUT2D eigenvalue weighted by molar-refractivity contribution is 0.596. The van der Waals surface area contributed by atoms with E-state index in [0.29, 0.717) is 0 Å². The molecule has 0 bridgehead atoms. The third-order valence-electron chi connectivity index (χ3n) is 3.36. The summed E-state index contributed by atoms with van der Waals surface area (Å²) in [7, 11) is -1.38. The lowest BCUT2D eigenvalue weighted by atomic mass is 10.0. The van der Waals surface area contributed by atoms with Gasteiger partial charge in [-0.3, -0.25) is 0 Å². The number of hydrogen-bond donors (Lipinski definition) is 0. The molecule has 0 radical (unpaired) electrons. The highest BCUT2D eigenvalue weighted by Crippen LogP contribution is 2.30. The van der Waals surface area contributed by atoms with Crippen molar-refractivity contribution in [3.63, 3.8) is 0 Å². The summed E-state index contributed by atoms with van der Waals surface area (Å²) < 4.78 is 13.1. The van der Waals surface area contributed by atoms with Crippen LogP contribution < -0.4 is 5.30 Å². The summed E-state index contributed by atoms with van der Waals surface area (Å²) in [5.41, 5.74) is 2.15. The molecule has 20 heavy (non-hydrogen) atoms. The fourth-order valence-electron chi connectivity index (χ4n) is 2.35. The normalized spacial score (nSPS) is 11.6. The topological polar surface area (TPSA) is 17.1 Å². The van der Waals surface area contributed by atoms with Crippen molar-refractivity contribution in [1.82, 2.24) is 0 Å². The monoisotopic (exact) mass is 343 g/mol. The van der Waals surface area contributed by atoms with E-state index in [-0.39, 0.29) is 0 Å². The van der Waals surface area contributed by atoms with Gasteiger partial charge in [-0.15, -0.1) is 0 Å². The summed E-state index contributed by atoms with van der Waals surface area (Å²) in [6, 6.07) is 20.5. The van der Waals surface area contributed by atoms with Crippen molar-refractivity contribution in [3.05, 3.63) is 65.1 Å². The van der Waals surface area contributed by atoms with Gasteiger partial charge in [0.2, 0.25) is 0 Å². The first-order chi connectivity index (χ1) is 9.65. The van der Waals surface area contributed by atoms with Gasteiger partial charge in [-0.2, -0.15) is 0 Å². The van der Waals surface area contributed by atoms with Crippen molar-refractivity contribution >= 4 is 39.8 Å². The molecular weight excluding hydrogens is 331 g/mol. The molecule has 3 aromatic carbocycles. The molecule has 1 unspecified atom stereocenters. The van der Waals surface area contributed by atoms with E-state index in [1.165, 1.54) is 5.39 Å². The molecule has 0 aliphatic heterocycles. The average Bonchev–Trinajstić information content (AvgIpc) is 2.46. The largest absolute Gasteiger partial charge is 0.374 e. The summed E-state index contributed by atoms with van der Waals surface area (Å²) in [5, 5.41) is 3.22. The van der Waals surface area contributed by atoms with Crippen molar-refractivity contribution in [2.75, 3.05) is 6.66 Å². The molecule has 3 aromatic rings. The summed E-state index contributed by atoms with van der Waals surface area (Å²) in [5.74, 6) is 0. The van der Waals surface area contributed by atoms with Crippen LogP contribution >= 0.6 is 23.7 Å². The quantitative estimate of drug-likeness (QED) is 0.573. The summed E-state index contributed by atoms with van der Waals surface area (Å²) >= 11 is 3.45. The Morgan fingerprint density at radius 1 is 0.900 bits per heavy atom. The zero-order chi connectivity index (χ0) is 14.1. The van der Waals surface area contributed by atoms with Crippen LogP contribution in [0.5, 0.6) is 0 Å². The van der Waals surface area contributed by atoms with Gasteiger partial charge in [0.25, 0.3) is 0 Å². The van der Waals surface area contributed by atoms with Gasteiger partial charge < -0.3 is 0 Å². The predicted octanol–water partition coefficient (Wildman–Crippen LogP) is 5.35. The van der Waals surface area contributed by atoms with Crippen LogP contribution in [0.4, 0.5) is 0 Å². The van der Waals surface area contributed by atoms with Gasteiger partial charge in [0.15, 0.2) is 5.30 Å². The second kappa shape index (κ2) is 5.47. The van der Waals surface area contributed by atoms with Gasteiger partial charge in [0, 0.05) is 10.0 Å². The maximum atomic E-state index is 12.1. The molecule has 0 aliphatic carbocycles. The highest BCUT2D eigenvalue weighted by Gasteiger charge is 2.20. The summed E-state index contributed by atoms with van der Waals surface area (Å²) in [4.78, 5) is 0. The van der Waals surface area contributed by atoms with Crippen LogP contribution in [0.25, 0.3) is 21.9 Å². The molecule has 0 spiro atoms. The van der Waals surface area contributed by atoms with E-state index < -0.39 is 7.80 Å². The zero-order valence-electron chi connectivity index (χ0n) is 11.0. The van der Waals surface area contributed by atoms with E-state index in [9.17, 15) is 4.57 Å². The molecular formula is C17H13BrOP+. The maximum absolute atomic E-state index is 12.1. The SMILES string of the molecule is C[P+](=O)c1cc2ccccc2cc1-c1ccc(Br)cc1. The minimum absolute atomic E-state index is 0.918. The third kappa shape index (κ3) is 2.54. The number of halogens is 1. The molecule has 3 rings (SSSR count). The average molecular weight is 344 g/mol. The Bertz CT molecular complexity index is 794. The van der Waals surface area contributed by atoms with Gasteiger partial charge in [-0.05, 0) is 40.6 Å². The van der Waals surface area contributed by atoms with E-state index >= 15 is 0 Å². The van der Waals surface area contributed by atoms with Gasteiger partial charge >= 0.3 is 7.80 Å². The Balaban J connectivity index is 2.29. The first kappa shape index (κ1) is 13.5. The zero-order valence-corrected chi connectivity index (χ0v) is 13.5. The molecule has 0 aliphatic rings. The standard InChI is InChI=1S/C17H13BrOP/c1-20(19)17-11-14-5-3-2-4-13(14)10-16(17)12-6-8-15(18)9-7-12/h2-11H,1H3/q+1. The summed E-state index contributed by atoms with van der Waals surface area (Å²) in [6.07, 6.45) is 0.